The second kappa shape index (κ2) is 8.15. The highest BCUT2D eigenvalue weighted by molar-refractivity contribution is 6.69. The van der Waals surface area contributed by atoms with Crippen molar-refractivity contribution in [3.63, 3.8) is 0 Å². The summed E-state index contributed by atoms with van der Waals surface area (Å²) in [7, 11) is -1.60. The van der Waals surface area contributed by atoms with Crippen molar-refractivity contribution >= 4 is 20.2 Å². The second-order valence-electron chi connectivity index (χ2n) is 11.1. The quantitative estimate of drug-likeness (QED) is 0.461. The number of hydrogen-bond donors (Lipinski definition) is 0. The highest BCUT2D eigenvalue weighted by atomic mass is 28.4. The van der Waals surface area contributed by atoms with Crippen LogP contribution < -0.4 is 0 Å². The number of hydrogen-bond acceptors (Lipinski definition) is 2. The zero-order valence-electron chi connectivity index (χ0n) is 19.5. The van der Waals surface area contributed by atoms with E-state index in [1.807, 2.05) is 0 Å². The lowest BCUT2D eigenvalue weighted by Crippen LogP contribution is -2.39. The highest BCUT2D eigenvalue weighted by Gasteiger charge is 2.51. The molecule has 2 fully saturated rings. The molecule has 3 heteroatoms. The molecular formula is C26H40O2Si. The van der Waals surface area contributed by atoms with E-state index in [4.69, 9.17) is 4.43 Å². The standard InChI is InChI=1S/C26H40O2Si/c1-19(22-16-17-23-24(27)9-8-18-26(22,23)4)10-11-20-12-14-21(15-13-20)25(2,3)28-29(5,6)7/h10-15,19,22-23H,8-9,16-18H2,1-7H3. The molecular weight excluding hydrogens is 372 g/mol. The van der Waals surface area contributed by atoms with E-state index in [0.29, 0.717) is 23.5 Å². The minimum atomic E-state index is -1.60. The van der Waals surface area contributed by atoms with Gasteiger partial charge in [0.05, 0.1) is 5.60 Å². The fourth-order valence-electron chi connectivity index (χ4n) is 6.05. The first-order valence-corrected chi connectivity index (χ1v) is 14.8. The van der Waals surface area contributed by atoms with E-state index in [2.05, 4.69) is 83.8 Å². The molecule has 2 nitrogen and oxygen atoms in total. The van der Waals surface area contributed by atoms with Gasteiger partial charge >= 0.3 is 0 Å². The maximum atomic E-state index is 12.4. The molecule has 0 aliphatic heterocycles. The second-order valence-corrected chi connectivity index (χ2v) is 15.6. The van der Waals surface area contributed by atoms with Crippen LogP contribution in [-0.2, 0) is 14.8 Å². The smallest absolute Gasteiger partial charge is 0.184 e. The summed E-state index contributed by atoms with van der Waals surface area (Å²) in [5.41, 5.74) is 2.43. The van der Waals surface area contributed by atoms with Gasteiger partial charge in [-0.3, -0.25) is 4.79 Å². The zero-order chi connectivity index (χ0) is 21.4. The van der Waals surface area contributed by atoms with E-state index >= 15 is 0 Å². The number of fused-ring (bicyclic) bond motifs is 1. The van der Waals surface area contributed by atoms with Gasteiger partial charge in [0.25, 0.3) is 0 Å². The van der Waals surface area contributed by atoms with Gasteiger partial charge in [-0.15, -0.1) is 0 Å². The van der Waals surface area contributed by atoms with Crippen LogP contribution >= 0.6 is 0 Å². The van der Waals surface area contributed by atoms with Gasteiger partial charge in [-0.25, -0.2) is 0 Å². The van der Waals surface area contributed by atoms with E-state index in [1.165, 1.54) is 24.0 Å². The molecule has 160 valence electrons. The molecule has 3 rings (SSSR count). The monoisotopic (exact) mass is 412 g/mol. The van der Waals surface area contributed by atoms with Crippen LogP contribution in [0.15, 0.2) is 30.3 Å². The van der Waals surface area contributed by atoms with E-state index in [1.54, 1.807) is 0 Å². The molecule has 0 spiro atoms. The highest BCUT2D eigenvalue weighted by Crippen LogP contribution is 2.56. The third kappa shape index (κ3) is 4.94. The molecule has 0 saturated heterocycles. The van der Waals surface area contributed by atoms with Crippen molar-refractivity contribution in [2.45, 2.75) is 85.0 Å². The molecule has 4 atom stereocenters. The van der Waals surface area contributed by atoms with Gasteiger partial charge in [-0.05, 0) is 87.5 Å². The minimum Gasteiger partial charge on any atom is -0.409 e. The molecule has 0 aromatic heterocycles. The van der Waals surface area contributed by atoms with Crippen LogP contribution in [0.25, 0.3) is 6.08 Å². The molecule has 2 aliphatic carbocycles. The minimum absolute atomic E-state index is 0.209. The average Bonchev–Trinajstić information content (AvgIpc) is 2.96. The number of allylic oxidation sites excluding steroid dienone is 1. The Labute approximate surface area is 179 Å². The summed E-state index contributed by atoms with van der Waals surface area (Å²) in [4.78, 5) is 12.4. The summed E-state index contributed by atoms with van der Waals surface area (Å²) < 4.78 is 6.38. The van der Waals surface area contributed by atoms with Crippen LogP contribution in [0.5, 0.6) is 0 Å². The average molecular weight is 413 g/mol. The fraction of sp³-hybridized carbons (Fsp3) is 0.654. The maximum absolute atomic E-state index is 12.4. The Kier molecular flexibility index (Phi) is 6.32. The summed E-state index contributed by atoms with van der Waals surface area (Å²) in [6, 6.07) is 8.82. The fourth-order valence-corrected chi connectivity index (χ4v) is 7.70. The van der Waals surface area contributed by atoms with Crippen LogP contribution in [-0.4, -0.2) is 14.1 Å². The van der Waals surface area contributed by atoms with E-state index < -0.39 is 8.32 Å². The van der Waals surface area contributed by atoms with Gasteiger partial charge in [0, 0.05) is 12.3 Å². The number of ketones is 1. The largest absolute Gasteiger partial charge is 0.409 e. The number of benzene rings is 1. The predicted molar refractivity (Wildman–Crippen MR) is 125 cm³/mol. The molecule has 0 N–H and O–H groups in total. The van der Waals surface area contributed by atoms with Crippen LogP contribution in [0.3, 0.4) is 0 Å². The van der Waals surface area contributed by atoms with Gasteiger partial charge < -0.3 is 4.43 Å². The third-order valence-corrected chi connectivity index (χ3v) is 8.45. The number of Topliss-reactive ketones (excluding diaryl/α,β-unsaturated/α-hetero) is 1. The van der Waals surface area contributed by atoms with Crippen molar-refractivity contribution in [1.29, 1.82) is 0 Å². The van der Waals surface area contributed by atoms with Gasteiger partial charge in [0.1, 0.15) is 5.78 Å². The first-order valence-electron chi connectivity index (χ1n) is 11.4. The summed E-state index contributed by atoms with van der Waals surface area (Å²) in [6.07, 6.45) is 10.0. The van der Waals surface area contributed by atoms with Gasteiger partial charge in [0.2, 0.25) is 0 Å². The van der Waals surface area contributed by atoms with E-state index in [0.717, 1.165) is 19.3 Å². The predicted octanol–water partition coefficient (Wildman–Crippen LogP) is 7.21. The number of carbonyl (C=O) groups is 1. The van der Waals surface area contributed by atoms with Gasteiger partial charge in [-0.1, -0.05) is 50.3 Å². The van der Waals surface area contributed by atoms with Crippen molar-refractivity contribution in [1.82, 2.24) is 0 Å². The number of rotatable bonds is 6. The SMILES string of the molecule is CC(C=Cc1ccc(C(C)(C)O[Si](C)(C)C)cc1)C1CCC2C(=O)CCCC21C. The lowest BCUT2D eigenvalue weighted by molar-refractivity contribution is -0.129. The first kappa shape index (κ1) is 22.5. The van der Waals surface area contributed by atoms with Crippen LogP contribution in [0.4, 0.5) is 0 Å². The van der Waals surface area contributed by atoms with E-state index in [9.17, 15) is 4.79 Å². The topological polar surface area (TPSA) is 26.3 Å². The van der Waals surface area contributed by atoms with E-state index in [-0.39, 0.29) is 11.0 Å². The third-order valence-electron chi connectivity index (χ3n) is 7.33. The summed E-state index contributed by atoms with van der Waals surface area (Å²) in [5, 5.41) is 0. The number of carbonyl (C=O) groups excluding carboxylic acids is 1. The van der Waals surface area contributed by atoms with Crippen LogP contribution in [0, 0.1) is 23.2 Å². The normalized spacial score (nSPS) is 29.3. The molecule has 1 aromatic rings. The zero-order valence-corrected chi connectivity index (χ0v) is 20.5. The molecule has 29 heavy (non-hydrogen) atoms. The molecule has 0 heterocycles. The Bertz CT molecular complexity index is 756. The maximum Gasteiger partial charge on any atom is 0.184 e. The molecule has 0 amide bonds. The molecule has 2 aliphatic rings. The molecule has 2 saturated carbocycles. The van der Waals surface area contributed by atoms with Crippen molar-refractivity contribution in [3.8, 4) is 0 Å². The van der Waals surface area contributed by atoms with Crippen molar-refractivity contribution in [2.75, 3.05) is 0 Å². The van der Waals surface area contributed by atoms with Crippen molar-refractivity contribution < 1.29 is 9.22 Å². The van der Waals surface area contributed by atoms with Gasteiger partial charge in [-0.2, -0.15) is 0 Å². The van der Waals surface area contributed by atoms with Crippen LogP contribution in [0.1, 0.15) is 70.9 Å². The lowest BCUT2D eigenvalue weighted by atomic mass is 9.62. The first-order chi connectivity index (χ1) is 13.4. The lowest BCUT2D eigenvalue weighted by Gasteiger charge is -2.41. The van der Waals surface area contributed by atoms with Crippen molar-refractivity contribution in [3.05, 3.63) is 41.5 Å². The summed E-state index contributed by atoms with van der Waals surface area (Å²) in [6.45, 7) is 15.8. The summed E-state index contributed by atoms with van der Waals surface area (Å²) >= 11 is 0. The Balaban J connectivity index is 1.68. The molecule has 1 aromatic carbocycles. The molecule has 0 bridgehead atoms. The van der Waals surface area contributed by atoms with Gasteiger partial charge in [0.15, 0.2) is 8.32 Å². The Morgan fingerprint density at radius 3 is 2.45 bits per heavy atom. The Morgan fingerprint density at radius 2 is 1.83 bits per heavy atom. The Morgan fingerprint density at radius 1 is 1.17 bits per heavy atom. The molecule has 0 radical (unpaired) electrons. The molecule has 4 unspecified atom stereocenters. The van der Waals surface area contributed by atoms with Crippen molar-refractivity contribution in [2.24, 2.45) is 23.2 Å². The Hall–Kier alpha value is -1.19. The van der Waals surface area contributed by atoms with Crippen LogP contribution in [0.2, 0.25) is 19.6 Å². The summed E-state index contributed by atoms with van der Waals surface area (Å²) in [5.74, 6) is 1.96.